The van der Waals surface area contributed by atoms with Crippen LogP contribution in [0.4, 0.5) is 0 Å². The minimum atomic E-state index is -1.19. The lowest BCUT2D eigenvalue weighted by molar-refractivity contribution is -0.146. The van der Waals surface area contributed by atoms with E-state index in [4.69, 9.17) is 0 Å². The van der Waals surface area contributed by atoms with Gasteiger partial charge in [-0.05, 0) is 50.2 Å². The molecule has 1 aliphatic heterocycles. The molecular formula is C32H38N2O3. The van der Waals surface area contributed by atoms with Crippen LogP contribution in [0.2, 0.25) is 0 Å². The van der Waals surface area contributed by atoms with Gasteiger partial charge in [-0.25, -0.2) is 0 Å². The summed E-state index contributed by atoms with van der Waals surface area (Å²) in [6.07, 6.45) is 12.7. The number of carbonyl (C=O) groups is 3. The van der Waals surface area contributed by atoms with Crippen molar-refractivity contribution in [2.75, 3.05) is 0 Å². The molecule has 194 valence electrons. The van der Waals surface area contributed by atoms with E-state index in [2.05, 4.69) is 67.5 Å². The lowest BCUT2D eigenvalue weighted by atomic mass is 9.54. The number of para-hydroxylation sites is 1. The number of Topliss-reactive ketones (excluding diaryl/α,β-unsaturated/α-hetero) is 2. The third-order valence-corrected chi connectivity index (χ3v) is 8.98. The molecule has 0 bridgehead atoms. The molecular weight excluding hydrogens is 460 g/mol. The third kappa shape index (κ3) is 4.43. The van der Waals surface area contributed by atoms with Gasteiger partial charge in [-0.15, -0.1) is 0 Å². The predicted molar refractivity (Wildman–Crippen MR) is 147 cm³/mol. The Morgan fingerprint density at radius 3 is 2.62 bits per heavy atom. The van der Waals surface area contributed by atoms with Gasteiger partial charge in [0.05, 0.1) is 0 Å². The van der Waals surface area contributed by atoms with Crippen LogP contribution in [0.1, 0.15) is 58.9 Å². The number of ketones is 2. The SMILES string of the molecule is CC1=C[C@@H]2/C=C\C[C@H](C)/C=C(/C)CC(=O)CCC(=O)[C@]23C(=O)N[C@@H](Cc2c[nH]c4ccccc24)[C@@H]3[C@@H]1C. The molecule has 5 nitrogen and oxygen atoms in total. The number of rotatable bonds is 2. The molecule has 0 saturated carbocycles. The van der Waals surface area contributed by atoms with Crippen LogP contribution in [-0.4, -0.2) is 28.5 Å². The van der Waals surface area contributed by atoms with Gasteiger partial charge in [-0.3, -0.25) is 14.4 Å². The molecule has 3 aliphatic rings. The number of aromatic nitrogens is 1. The quantitative estimate of drug-likeness (QED) is 0.401. The van der Waals surface area contributed by atoms with Gasteiger partial charge in [0.2, 0.25) is 5.91 Å². The molecule has 0 unspecified atom stereocenters. The summed E-state index contributed by atoms with van der Waals surface area (Å²) in [5, 5.41) is 4.43. The van der Waals surface area contributed by atoms with Gasteiger partial charge in [-0.2, -0.15) is 0 Å². The zero-order valence-corrected chi connectivity index (χ0v) is 22.3. The van der Waals surface area contributed by atoms with Crippen molar-refractivity contribution < 1.29 is 14.4 Å². The predicted octanol–water partition coefficient (Wildman–Crippen LogP) is 5.87. The molecule has 0 radical (unpaired) electrons. The maximum atomic E-state index is 14.2. The zero-order valence-electron chi connectivity index (χ0n) is 22.3. The van der Waals surface area contributed by atoms with Crippen LogP contribution >= 0.6 is 0 Å². The van der Waals surface area contributed by atoms with E-state index in [-0.39, 0.29) is 60.0 Å². The summed E-state index contributed by atoms with van der Waals surface area (Å²) < 4.78 is 0. The van der Waals surface area contributed by atoms with E-state index in [0.717, 1.165) is 28.5 Å². The van der Waals surface area contributed by atoms with E-state index in [1.54, 1.807) is 0 Å². The van der Waals surface area contributed by atoms with Crippen molar-refractivity contribution in [1.29, 1.82) is 0 Å². The lowest BCUT2D eigenvalue weighted by Crippen LogP contribution is -2.52. The molecule has 2 aromatic rings. The number of fused-ring (bicyclic) bond motifs is 1. The van der Waals surface area contributed by atoms with Crippen molar-refractivity contribution in [3.8, 4) is 0 Å². The maximum absolute atomic E-state index is 14.2. The molecule has 2 heterocycles. The Balaban J connectivity index is 1.57. The molecule has 1 saturated heterocycles. The third-order valence-electron chi connectivity index (χ3n) is 8.98. The van der Waals surface area contributed by atoms with E-state index >= 15 is 0 Å². The molecule has 1 amide bonds. The van der Waals surface area contributed by atoms with Crippen LogP contribution in [-0.2, 0) is 20.8 Å². The molecule has 1 aromatic carbocycles. The Labute approximate surface area is 219 Å². The number of allylic oxidation sites excluding steroid dienone is 6. The summed E-state index contributed by atoms with van der Waals surface area (Å²) in [5.74, 6) is -0.356. The van der Waals surface area contributed by atoms with Gasteiger partial charge in [0.15, 0.2) is 0 Å². The first-order chi connectivity index (χ1) is 17.7. The van der Waals surface area contributed by atoms with Crippen molar-refractivity contribution in [3.63, 3.8) is 0 Å². The van der Waals surface area contributed by atoms with Gasteiger partial charge < -0.3 is 10.3 Å². The highest BCUT2D eigenvalue weighted by molar-refractivity contribution is 6.10. The van der Waals surface area contributed by atoms with Crippen LogP contribution in [0, 0.1) is 29.1 Å². The molecule has 1 spiro atoms. The van der Waals surface area contributed by atoms with Crippen LogP contribution in [0.25, 0.3) is 10.9 Å². The van der Waals surface area contributed by atoms with Crippen molar-refractivity contribution in [3.05, 3.63) is 71.5 Å². The molecule has 5 heteroatoms. The van der Waals surface area contributed by atoms with Crippen molar-refractivity contribution in [1.82, 2.24) is 10.3 Å². The van der Waals surface area contributed by atoms with E-state index < -0.39 is 5.41 Å². The van der Waals surface area contributed by atoms with Crippen LogP contribution in [0.15, 0.2) is 65.9 Å². The molecule has 37 heavy (non-hydrogen) atoms. The number of carbonyl (C=O) groups excluding carboxylic acids is 3. The van der Waals surface area contributed by atoms with E-state index in [1.807, 2.05) is 25.3 Å². The van der Waals surface area contributed by atoms with Gasteiger partial charge in [0.25, 0.3) is 0 Å². The number of aromatic amines is 1. The molecule has 2 N–H and O–H groups in total. The van der Waals surface area contributed by atoms with Gasteiger partial charge in [0, 0.05) is 54.2 Å². The second kappa shape index (κ2) is 9.92. The second-order valence-corrected chi connectivity index (χ2v) is 11.6. The van der Waals surface area contributed by atoms with Crippen molar-refractivity contribution in [2.45, 2.75) is 65.8 Å². The number of hydrogen-bond donors (Lipinski definition) is 2. The Kier molecular flexibility index (Phi) is 6.82. The lowest BCUT2D eigenvalue weighted by Gasteiger charge is -2.44. The standard InChI is InChI=1S/C32H38N2O3/c1-19-8-7-9-24-16-21(3)22(4)30-28(17-23-18-33-27-11-6-5-10-26(23)27)34-31(37)32(24,30)29(36)13-12-25(35)15-20(2)14-19/h5-7,9-11,14,16,18-19,22,24,28,30,33H,8,12-13,15,17H2,1-4H3,(H,34,37)/b9-7-,20-14-/t19-,22+,24-,28-,30-,32+/m0/s1. The van der Waals surface area contributed by atoms with Gasteiger partial charge in [0.1, 0.15) is 17.0 Å². The summed E-state index contributed by atoms with van der Waals surface area (Å²) in [7, 11) is 0. The Morgan fingerprint density at radius 1 is 1.03 bits per heavy atom. The first-order valence-corrected chi connectivity index (χ1v) is 13.6. The second-order valence-electron chi connectivity index (χ2n) is 11.6. The number of benzene rings is 1. The molecule has 5 rings (SSSR count). The van der Waals surface area contributed by atoms with E-state index in [0.29, 0.717) is 12.8 Å². The average Bonchev–Trinajstić information content (AvgIpc) is 3.39. The zero-order chi connectivity index (χ0) is 26.3. The highest BCUT2D eigenvalue weighted by Crippen LogP contribution is 2.55. The monoisotopic (exact) mass is 498 g/mol. The molecule has 1 aromatic heterocycles. The normalized spacial score (nSPS) is 35.2. The van der Waals surface area contributed by atoms with E-state index in [9.17, 15) is 14.4 Å². The van der Waals surface area contributed by atoms with Crippen molar-refractivity contribution >= 4 is 28.4 Å². The van der Waals surface area contributed by atoms with Gasteiger partial charge >= 0.3 is 0 Å². The summed E-state index contributed by atoms with van der Waals surface area (Å²) in [5.41, 5.74) is 3.29. The molecule has 1 fully saturated rings. The van der Waals surface area contributed by atoms with E-state index in [1.165, 1.54) is 5.57 Å². The Bertz CT molecular complexity index is 1330. The Hall–Kier alpha value is -3.21. The largest absolute Gasteiger partial charge is 0.361 e. The number of amides is 1. The highest BCUT2D eigenvalue weighted by atomic mass is 16.2. The smallest absolute Gasteiger partial charge is 0.235 e. The number of H-pyrrole nitrogens is 1. The maximum Gasteiger partial charge on any atom is 0.235 e. The topological polar surface area (TPSA) is 79.0 Å². The van der Waals surface area contributed by atoms with Crippen molar-refractivity contribution in [2.24, 2.45) is 29.1 Å². The minimum absolute atomic E-state index is 0.0651. The first-order valence-electron chi connectivity index (χ1n) is 13.6. The first kappa shape index (κ1) is 25.4. The Morgan fingerprint density at radius 2 is 1.81 bits per heavy atom. The van der Waals surface area contributed by atoms with Gasteiger partial charge in [-0.1, -0.05) is 67.5 Å². The van der Waals surface area contributed by atoms with Crippen LogP contribution in [0.3, 0.4) is 0 Å². The number of nitrogens with one attached hydrogen (secondary N) is 2. The fourth-order valence-corrected chi connectivity index (χ4v) is 7.15. The fraction of sp³-hybridized carbons (Fsp3) is 0.469. The summed E-state index contributed by atoms with van der Waals surface area (Å²) in [6.45, 7) is 8.40. The molecule has 6 atom stereocenters. The number of hydrogen-bond acceptors (Lipinski definition) is 3. The minimum Gasteiger partial charge on any atom is -0.361 e. The summed E-state index contributed by atoms with van der Waals surface area (Å²) in [4.78, 5) is 44.3. The van der Waals surface area contributed by atoms with Crippen LogP contribution < -0.4 is 5.32 Å². The highest BCUT2D eigenvalue weighted by Gasteiger charge is 2.64. The fourth-order valence-electron chi connectivity index (χ4n) is 7.15. The average molecular weight is 499 g/mol. The summed E-state index contributed by atoms with van der Waals surface area (Å²) >= 11 is 0. The summed E-state index contributed by atoms with van der Waals surface area (Å²) in [6, 6.07) is 8.02. The van der Waals surface area contributed by atoms with Crippen LogP contribution in [0.5, 0.6) is 0 Å². The molecule has 2 aliphatic carbocycles.